The lowest BCUT2D eigenvalue weighted by Gasteiger charge is -2.14. The number of anilines is 1. The minimum absolute atomic E-state index is 0.122. The Morgan fingerprint density at radius 1 is 1.00 bits per heavy atom. The molecule has 0 spiro atoms. The smallest absolute Gasteiger partial charge is 0.329 e. The van der Waals surface area contributed by atoms with Crippen molar-refractivity contribution in [2.24, 2.45) is 5.10 Å². The molecule has 0 aliphatic carbocycles. The lowest BCUT2D eigenvalue weighted by molar-refractivity contribution is -0.136. The van der Waals surface area contributed by atoms with E-state index < -0.39 is 11.8 Å². The lowest BCUT2D eigenvalue weighted by Crippen LogP contribution is -2.32. The van der Waals surface area contributed by atoms with Crippen LogP contribution < -0.4 is 20.8 Å². The summed E-state index contributed by atoms with van der Waals surface area (Å²) in [5.74, 6) is -1.49. The van der Waals surface area contributed by atoms with Gasteiger partial charge in [0.25, 0.3) is 5.91 Å². The van der Waals surface area contributed by atoms with Crippen LogP contribution in [0, 0.1) is 6.92 Å². The van der Waals surface area contributed by atoms with Crippen molar-refractivity contribution >= 4 is 41.2 Å². The Bertz CT molecular complexity index is 1210. The number of nitrogens with zero attached hydrogens (tertiary/aromatic N) is 1. The van der Waals surface area contributed by atoms with Gasteiger partial charge in [0.2, 0.25) is 0 Å². The number of aryl methyl sites for hydroxylation is 1. The van der Waals surface area contributed by atoms with Gasteiger partial charge in [-0.3, -0.25) is 14.4 Å². The van der Waals surface area contributed by atoms with Gasteiger partial charge in [0.15, 0.2) is 6.61 Å². The molecule has 0 fully saturated rings. The number of halogens is 1. The summed E-state index contributed by atoms with van der Waals surface area (Å²) in [5, 5.41) is 9.72. The van der Waals surface area contributed by atoms with Gasteiger partial charge in [-0.2, -0.15) is 5.10 Å². The average molecular weight is 493 g/mol. The van der Waals surface area contributed by atoms with Crippen LogP contribution in [0.2, 0.25) is 5.02 Å². The fourth-order valence-corrected chi connectivity index (χ4v) is 3.30. The zero-order chi connectivity index (χ0) is 25.2. The highest BCUT2D eigenvalue weighted by Gasteiger charge is 2.14. The number of hydrazone groups is 1. The number of rotatable bonds is 8. The number of hydrogen-bond acceptors (Lipinski definition) is 5. The molecule has 3 aromatic carbocycles. The molecule has 3 aromatic rings. The highest BCUT2D eigenvalue weighted by atomic mass is 35.5. The summed E-state index contributed by atoms with van der Waals surface area (Å²) in [7, 11) is 0. The van der Waals surface area contributed by atoms with Crippen molar-refractivity contribution in [2.75, 3.05) is 11.9 Å². The quantitative estimate of drug-likeness (QED) is 0.251. The molecule has 0 heterocycles. The first-order valence-electron chi connectivity index (χ1n) is 10.8. The Kier molecular flexibility index (Phi) is 8.97. The number of carbonyl (C=O) groups excluding carboxylic acids is 3. The monoisotopic (exact) mass is 492 g/mol. The molecular formula is C26H25ClN4O4. The first kappa shape index (κ1) is 25.5. The van der Waals surface area contributed by atoms with E-state index in [1.165, 1.54) is 6.21 Å². The van der Waals surface area contributed by atoms with Crippen LogP contribution >= 0.6 is 11.6 Å². The van der Waals surface area contributed by atoms with Crippen molar-refractivity contribution in [1.29, 1.82) is 0 Å². The van der Waals surface area contributed by atoms with E-state index in [0.717, 1.165) is 11.1 Å². The van der Waals surface area contributed by atoms with Crippen LogP contribution in [0.1, 0.15) is 29.7 Å². The molecule has 0 unspecified atom stereocenters. The second kappa shape index (κ2) is 12.3. The van der Waals surface area contributed by atoms with Crippen LogP contribution in [0.4, 0.5) is 5.69 Å². The summed E-state index contributed by atoms with van der Waals surface area (Å²) in [6, 6.07) is 21.2. The molecule has 180 valence electrons. The molecule has 0 aromatic heterocycles. The fraction of sp³-hybridized carbons (Fsp3) is 0.154. The van der Waals surface area contributed by atoms with Crippen LogP contribution in [0.5, 0.6) is 5.75 Å². The third-order valence-corrected chi connectivity index (χ3v) is 5.18. The minimum Gasteiger partial charge on any atom is -0.484 e. The Labute approximate surface area is 208 Å². The third kappa shape index (κ3) is 7.97. The maximum atomic E-state index is 12.1. The summed E-state index contributed by atoms with van der Waals surface area (Å²) < 4.78 is 5.52. The van der Waals surface area contributed by atoms with E-state index in [0.29, 0.717) is 22.0 Å². The Balaban J connectivity index is 1.43. The highest BCUT2D eigenvalue weighted by molar-refractivity contribution is 6.39. The molecule has 0 aliphatic rings. The lowest BCUT2D eigenvalue weighted by atomic mass is 10.1. The molecule has 3 rings (SSSR count). The average Bonchev–Trinajstić information content (AvgIpc) is 2.85. The number of ether oxygens (including phenoxy) is 1. The van der Waals surface area contributed by atoms with Gasteiger partial charge in [0.1, 0.15) is 5.75 Å². The zero-order valence-electron chi connectivity index (χ0n) is 19.2. The normalized spacial score (nSPS) is 11.5. The third-order valence-electron chi connectivity index (χ3n) is 4.95. The Morgan fingerprint density at radius 2 is 1.71 bits per heavy atom. The van der Waals surface area contributed by atoms with E-state index >= 15 is 0 Å². The van der Waals surface area contributed by atoms with Crippen LogP contribution in [-0.4, -0.2) is 30.5 Å². The van der Waals surface area contributed by atoms with Gasteiger partial charge >= 0.3 is 11.8 Å². The summed E-state index contributed by atoms with van der Waals surface area (Å²) in [4.78, 5) is 36.1. The predicted octanol–water partition coefficient (Wildman–Crippen LogP) is 3.99. The van der Waals surface area contributed by atoms with Gasteiger partial charge in [0, 0.05) is 10.7 Å². The molecule has 35 heavy (non-hydrogen) atoms. The number of carbonyl (C=O) groups is 3. The summed E-state index contributed by atoms with van der Waals surface area (Å²) in [6.07, 6.45) is 1.39. The van der Waals surface area contributed by atoms with Crippen LogP contribution in [-0.2, 0) is 14.4 Å². The number of amides is 3. The Hall–Kier alpha value is -4.17. The van der Waals surface area contributed by atoms with Crippen molar-refractivity contribution in [1.82, 2.24) is 10.7 Å². The van der Waals surface area contributed by atoms with Crippen molar-refractivity contribution < 1.29 is 19.1 Å². The van der Waals surface area contributed by atoms with Gasteiger partial charge in [0.05, 0.1) is 12.3 Å². The molecule has 0 aliphatic heterocycles. The molecule has 0 saturated carbocycles. The van der Waals surface area contributed by atoms with Crippen LogP contribution in [0.15, 0.2) is 77.9 Å². The van der Waals surface area contributed by atoms with E-state index in [2.05, 4.69) is 21.2 Å². The molecule has 9 heteroatoms. The van der Waals surface area contributed by atoms with Crippen molar-refractivity contribution in [3.63, 3.8) is 0 Å². The molecule has 1 atom stereocenters. The maximum Gasteiger partial charge on any atom is 0.329 e. The number of nitrogens with one attached hydrogen (secondary N) is 3. The van der Waals surface area contributed by atoms with E-state index in [-0.39, 0.29) is 18.6 Å². The molecule has 8 nitrogen and oxygen atoms in total. The molecular weight excluding hydrogens is 468 g/mol. The zero-order valence-corrected chi connectivity index (χ0v) is 20.0. The van der Waals surface area contributed by atoms with Gasteiger partial charge in [-0.1, -0.05) is 41.9 Å². The van der Waals surface area contributed by atoms with Crippen molar-refractivity contribution in [3.05, 3.63) is 94.5 Å². The predicted molar refractivity (Wildman–Crippen MR) is 135 cm³/mol. The van der Waals surface area contributed by atoms with Gasteiger partial charge in [-0.15, -0.1) is 0 Å². The highest BCUT2D eigenvalue weighted by Crippen LogP contribution is 2.19. The largest absolute Gasteiger partial charge is 0.484 e. The first-order chi connectivity index (χ1) is 16.8. The molecule has 3 N–H and O–H groups in total. The van der Waals surface area contributed by atoms with Crippen molar-refractivity contribution in [2.45, 2.75) is 19.9 Å². The topological polar surface area (TPSA) is 109 Å². The molecule has 0 bridgehead atoms. The van der Waals surface area contributed by atoms with Crippen LogP contribution in [0.3, 0.4) is 0 Å². The maximum absolute atomic E-state index is 12.1. The standard InChI is InChI=1S/C26H25ClN4O4/c1-17-14-21(27)10-13-23(17)30-25(33)26(34)31-28-15-19-8-11-22(12-9-19)35-16-24(32)29-18(2)20-6-4-3-5-7-20/h3-15,18H,16H2,1-2H3,(H,29,32)(H,30,33)(H,31,34)/b28-15-/t18-/m1/s1. The Morgan fingerprint density at radius 3 is 2.40 bits per heavy atom. The van der Waals surface area contributed by atoms with E-state index in [1.54, 1.807) is 49.4 Å². The number of hydrogen-bond donors (Lipinski definition) is 3. The van der Waals surface area contributed by atoms with Crippen molar-refractivity contribution in [3.8, 4) is 5.75 Å². The van der Waals surface area contributed by atoms with E-state index in [4.69, 9.17) is 16.3 Å². The van der Waals surface area contributed by atoms with Gasteiger partial charge < -0.3 is 15.4 Å². The molecule has 0 saturated heterocycles. The van der Waals surface area contributed by atoms with E-state index in [9.17, 15) is 14.4 Å². The van der Waals surface area contributed by atoms with E-state index in [1.807, 2.05) is 37.3 Å². The molecule has 3 amide bonds. The van der Waals surface area contributed by atoms with Crippen LogP contribution in [0.25, 0.3) is 0 Å². The fourth-order valence-electron chi connectivity index (χ4n) is 3.07. The number of benzene rings is 3. The SMILES string of the molecule is Cc1cc(Cl)ccc1NC(=O)C(=O)N/N=C\c1ccc(OCC(=O)N[C@H](C)c2ccccc2)cc1. The summed E-state index contributed by atoms with van der Waals surface area (Å²) >= 11 is 5.89. The minimum atomic E-state index is -0.911. The van der Waals surface area contributed by atoms with Gasteiger partial charge in [-0.25, -0.2) is 5.43 Å². The van der Waals surface area contributed by atoms with Gasteiger partial charge in [-0.05, 0) is 73.0 Å². The summed E-state index contributed by atoms with van der Waals surface area (Å²) in [5.41, 5.74) is 5.06. The second-order valence-electron chi connectivity index (χ2n) is 7.67. The second-order valence-corrected chi connectivity index (χ2v) is 8.11. The molecule has 0 radical (unpaired) electrons. The summed E-state index contributed by atoms with van der Waals surface area (Å²) in [6.45, 7) is 3.55. The first-order valence-corrected chi connectivity index (χ1v) is 11.2.